The molecule has 4 N–H and O–H groups in total. The molecule has 5 nitrogen and oxygen atoms in total. The second-order valence-corrected chi connectivity index (χ2v) is 4.89. The highest BCUT2D eigenvalue weighted by Crippen LogP contribution is 2.21. The lowest BCUT2D eigenvalue weighted by molar-refractivity contribution is 0.102. The number of carbonyl (C=O) groups excluding carboxylic acids is 1. The quantitative estimate of drug-likeness (QED) is 0.600. The Balaban J connectivity index is 2.26. The van der Waals surface area contributed by atoms with E-state index in [9.17, 15) is 4.79 Å². The average molecular weight is 321 g/mol. The molecular formula is C13H13BrN4O. The normalized spacial score (nSPS) is 10.1. The predicted octanol–water partition coefficient (Wildman–Crippen LogP) is 2.69. The molecule has 1 aromatic heterocycles. The topological polar surface area (TPSA) is 80.0 Å². The summed E-state index contributed by atoms with van der Waals surface area (Å²) < 4.78 is 0.966. The molecule has 0 saturated carbocycles. The first-order valence-corrected chi connectivity index (χ1v) is 6.39. The molecule has 2 rings (SSSR count). The van der Waals surface area contributed by atoms with E-state index in [0.717, 1.165) is 15.7 Å². The second-order valence-electron chi connectivity index (χ2n) is 3.98. The van der Waals surface area contributed by atoms with Crippen molar-refractivity contribution in [1.82, 2.24) is 4.98 Å². The van der Waals surface area contributed by atoms with Crippen LogP contribution in [0.25, 0.3) is 0 Å². The summed E-state index contributed by atoms with van der Waals surface area (Å²) in [7, 11) is 0. The van der Waals surface area contributed by atoms with Crippen molar-refractivity contribution < 1.29 is 4.79 Å². The number of nitrogens with two attached hydrogens (primary N) is 1. The van der Waals surface area contributed by atoms with Gasteiger partial charge in [0.05, 0.1) is 11.3 Å². The Hall–Kier alpha value is -1.92. The third kappa shape index (κ3) is 3.10. The summed E-state index contributed by atoms with van der Waals surface area (Å²) in [4.78, 5) is 16.1. The van der Waals surface area contributed by atoms with Gasteiger partial charge >= 0.3 is 0 Å². The first kappa shape index (κ1) is 13.5. The van der Waals surface area contributed by atoms with Crippen molar-refractivity contribution >= 4 is 33.2 Å². The monoisotopic (exact) mass is 320 g/mol. The van der Waals surface area contributed by atoms with Gasteiger partial charge in [-0.15, -0.1) is 0 Å². The number of nitrogens with zero attached hydrogens (tertiary/aromatic N) is 1. The van der Waals surface area contributed by atoms with Crippen molar-refractivity contribution in [2.24, 2.45) is 5.84 Å². The first-order chi connectivity index (χ1) is 9.11. The molecule has 0 aliphatic heterocycles. The van der Waals surface area contributed by atoms with Crippen molar-refractivity contribution in [2.45, 2.75) is 6.92 Å². The van der Waals surface area contributed by atoms with Crippen molar-refractivity contribution in [3.63, 3.8) is 0 Å². The minimum absolute atomic E-state index is 0.258. The molecule has 98 valence electrons. The maximum atomic E-state index is 12.2. The van der Waals surface area contributed by atoms with Crippen LogP contribution in [0, 0.1) is 6.92 Å². The number of hydrogen-bond acceptors (Lipinski definition) is 4. The van der Waals surface area contributed by atoms with Crippen LogP contribution in [0.5, 0.6) is 0 Å². The minimum atomic E-state index is -0.258. The maximum absolute atomic E-state index is 12.2. The van der Waals surface area contributed by atoms with E-state index in [4.69, 9.17) is 5.84 Å². The Morgan fingerprint density at radius 2 is 2.11 bits per heavy atom. The lowest BCUT2D eigenvalue weighted by atomic mass is 10.1. The third-order valence-corrected chi connectivity index (χ3v) is 3.15. The van der Waals surface area contributed by atoms with Crippen LogP contribution in [0.1, 0.15) is 15.9 Å². The zero-order valence-electron chi connectivity index (χ0n) is 10.3. The van der Waals surface area contributed by atoms with E-state index in [2.05, 4.69) is 31.7 Å². The number of benzene rings is 1. The van der Waals surface area contributed by atoms with Gasteiger partial charge in [-0.3, -0.25) is 15.6 Å². The Bertz CT molecular complexity index is 615. The van der Waals surface area contributed by atoms with Crippen LogP contribution in [-0.2, 0) is 0 Å². The SMILES string of the molecule is Cc1cc(Br)ccc1NC(=O)c1cnccc1NN. The van der Waals surface area contributed by atoms with Gasteiger partial charge in [0.15, 0.2) is 0 Å². The number of anilines is 2. The number of aryl methyl sites for hydroxylation is 1. The fourth-order valence-electron chi connectivity index (χ4n) is 1.66. The molecule has 1 aromatic carbocycles. The van der Waals surface area contributed by atoms with Crippen molar-refractivity contribution in [1.29, 1.82) is 0 Å². The predicted molar refractivity (Wildman–Crippen MR) is 78.9 cm³/mol. The molecule has 0 radical (unpaired) electrons. The average Bonchev–Trinajstić information content (AvgIpc) is 2.41. The Morgan fingerprint density at radius 3 is 2.79 bits per heavy atom. The van der Waals surface area contributed by atoms with E-state index in [1.165, 1.54) is 6.20 Å². The minimum Gasteiger partial charge on any atom is -0.323 e. The third-order valence-electron chi connectivity index (χ3n) is 2.66. The zero-order valence-corrected chi connectivity index (χ0v) is 11.9. The summed E-state index contributed by atoms with van der Waals surface area (Å²) >= 11 is 3.38. The smallest absolute Gasteiger partial charge is 0.259 e. The summed E-state index contributed by atoms with van der Waals surface area (Å²) in [6.07, 6.45) is 3.04. The van der Waals surface area contributed by atoms with E-state index in [1.54, 1.807) is 12.3 Å². The summed E-state index contributed by atoms with van der Waals surface area (Å²) in [5, 5.41) is 2.83. The number of nitrogens with one attached hydrogen (secondary N) is 2. The lowest BCUT2D eigenvalue weighted by Gasteiger charge is -2.11. The van der Waals surface area contributed by atoms with E-state index in [0.29, 0.717) is 11.3 Å². The molecule has 0 unspecified atom stereocenters. The van der Waals surface area contributed by atoms with Crippen molar-refractivity contribution in [2.75, 3.05) is 10.7 Å². The molecule has 0 atom stereocenters. The van der Waals surface area contributed by atoms with E-state index in [-0.39, 0.29) is 5.91 Å². The largest absolute Gasteiger partial charge is 0.323 e. The number of aromatic nitrogens is 1. The molecule has 1 amide bonds. The molecule has 0 aliphatic rings. The van der Waals surface area contributed by atoms with Gasteiger partial charge in [0.25, 0.3) is 5.91 Å². The van der Waals surface area contributed by atoms with Crippen LogP contribution in [0.15, 0.2) is 41.1 Å². The van der Waals surface area contributed by atoms with E-state index >= 15 is 0 Å². The Labute approximate surface area is 119 Å². The van der Waals surface area contributed by atoms with E-state index < -0.39 is 0 Å². The van der Waals surface area contributed by atoms with Crippen LogP contribution in [0.4, 0.5) is 11.4 Å². The highest BCUT2D eigenvalue weighted by atomic mass is 79.9. The van der Waals surface area contributed by atoms with Gasteiger partial charge in [-0.25, -0.2) is 0 Å². The van der Waals surface area contributed by atoms with Crippen molar-refractivity contribution in [3.05, 3.63) is 52.3 Å². The molecular weight excluding hydrogens is 308 g/mol. The van der Waals surface area contributed by atoms with Crippen LogP contribution >= 0.6 is 15.9 Å². The second kappa shape index (κ2) is 5.81. The molecule has 0 saturated heterocycles. The van der Waals surface area contributed by atoms with Gasteiger partial charge in [0.1, 0.15) is 0 Å². The Kier molecular flexibility index (Phi) is 4.13. The summed E-state index contributed by atoms with van der Waals surface area (Å²) in [6.45, 7) is 1.92. The fourth-order valence-corrected chi connectivity index (χ4v) is 2.13. The Morgan fingerprint density at radius 1 is 1.32 bits per heavy atom. The van der Waals surface area contributed by atoms with Gasteiger partial charge in [-0.1, -0.05) is 15.9 Å². The summed E-state index contributed by atoms with van der Waals surface area (Å²) in [5.74, 6) is 5.11. The molecule has 2 aromatic rings. The zero-order chi connectivity index (χ0) is 13.8. The number of hydrogen-bond donors (Lipinski definition) is 3. The van der Waals surface area contributed by atoms with Gasteiger partial charge in [-0.2, -0.15) is 0 Å². The molecule has 0 fully saturated rings. The maximum Gasteiger partial charge on any atom is 0.259 e. The van der Waals surface area contributed by atoms with Gasteiger partial charge < -0.3 is 10.7 Å². The van der Waals surface area contributed by atoms with E-state index in [1.807, 2.05) is 25.1 Å². The van der Waals surface area contributed by atoms with Gasteiger partial charge in [0, 0.05) is 22.6 Å². The highest BCUT2D eigenvalue weighted by molar-refractivity contribution is 9.10. The molecule has 0 bridgehead atoms. The standard InChI is InChI=1S/C13H13BrN4O/c1-8-6-9(14)2-3-11(8)17-13(19)10-7-16-5-4-12(10)18-15/h2-7H,15H2,1H3,(H,16,18)(H,17,19). The molecule has 1 heterocycles. The number of nitrogen functional groups attached to an aromatic ring is 1. The summed E-state index contributed by atoms with van der Waals surface area (Å²) in [6, 6.07) is 7.28. The number of pyridine rings is 1. The molecule has 19 heavy (non-hydrogen) atoms. The van der Waals surface area contributed by atoms with Gasteiger partial charge in [0.2, 0.25) is 0 Å². The molecule has 6 heteroatoms. The number of rotatable bonds is 3. The van der Waals surface area contributed by atoms with Crippen molar-refractivity contribution in [3.8, 4) is 0 Å². The van der Waals surface area contributed by atoms with Gasteiger partial charge in [-0.05, 0) is 36.8 Å². The first-order valence-electron chi connectivity index (χ1n) is 5.60. The number of amides is 1. The number of halogens is 1. The highest BCUT2D eigenvalue weighted by Gasteiger charge is 2.12. The summed E-state index contributed by atoms with van der Waals surface area (Å²) in [5.41, 5.74) is 5.12. The van der Waals surface area contributed by atoms with Crippen LogP contribution in [0.2, 0.25) is 0 Å². The molecule has 0 aliphatic carbocycles. The number of carbonyl (C=O) groups is 1. The van der Waals surface area contributed by atoms with Crippen LogP contribution in [-0.4, -0.2) is 10.9 Å². The fraction of sp³-hybridized carbons (Fsp3) is 0.0769. The van der Waals surface area contributed by atoms with Crippen LogP contribution < -0.4 is 16.6 Å². The molecule has 0 spiro atoms. The number of hydrazine groups is 1. The van der Waals surface area contributed by atoms with Crippen LogP contribution in [0.3, 0.4) is 0 Å². The lowest BCUT2D eigenvalue weighted by Crippen LogP contribution is -2.17.